The van der Waals surface area contributed by atoms with Gasteiger partial charge in [0.15, 0.2) is 17.3 Å². The summed E-state index contributed by atoms with van der Waals surface area (Å²) in [4.78, 5) is 31.0. The van der Waals surface area contributed by atoms with Gasteiger partial charge in [-0.1, -0.05) is 24.8 Å². The maximum Gasteiger partial charge on any atom is 0.269 e. The van der Waals surface area contributed by atoms with E-state index in [9.17, 15) is 13.2 Å². The smallest absolute Gasteiger partial charge is 0.269 e. The molecular formula is C24H21N7O3S. The standard InChI is InChI=1S/C24H21N7O3S/c1-2-20(32)29-12-8-16(15-29)31-21-18-9-13-30(35(33,34)17-6-4-3-5-7-17)23(18)27-14-19(21)28-24(31)22-25-10-11-26-22/h2-7,9-11,13-14,16H,1,8,12,15H2,(H,25,26)/t16-/m1/s1. The van der Waals surface area contributed by atoms with Crippen LogP contribution in [0.2, 0.25) is 0 Å². The van der Waals surface area contributed by atoms with Gasteiger partial charge >= 0.3 is 0 Å². The highest BCUT2D eigenvalue weighted by Crippen LogP contribution is 2.35. The molecule has 1 N–H and O–H groups in total. The lowest BCUT2D eigenvalue weighted by Crippen LogP contribution is -2.27. The van der Waals surface area contributed by atoms with Crippen LogP contribution in [0.15, 0.2) is 78.7 Å². The fourth-order valence-electron chi connectivity index (χ4n) is 4.74. The van der Waals surface area contributed by atoms with Crippen LogP contribution in [0.25, 0.3) is 33.7 Å². The van der Waals surface area contributed by atoms with Crippen molar-refractivity contribution in [1.82, 2.24) is 33.4 Å². The van der Waals surface area contributed by atoms with Crippen LogP contribution in [-0.2, 0) is 14.8 Å². The summed E-state index contributed by atoms with van der Waals surface area (Å²) in [6.07, 6.45) is 8.50. The normalized spacial score (nSPS) is 16.3. The van der Waals surface area contributed by atoms with Gasteiger partial charge in [0.05, 0.1) is 22.7 Å². The Morgan fingerprint density at radius 1 is 1.17 bits per heavy atom. The van der Waals surface area contributed by atoms with Gasteiger partial charge in [0.1, 0.15) is 5.52 Å². The number of hydrogen-bond donors (Lipinski definition) is 1. The zero-order valence-electron chi connectivity index (χ0n) is 18.6. The molecule has 1 saturated heterocycles. The van der Waals surface area contributed by atoms with Crippen molar-refractivity contribution < 1.29 is 13.2 Å². The van der Waals surface area contributed by atoms with Gasteiger partial charge in [-0.3, -0.25) is 4.79 Å². The van der Waals surface area contributed by atoms with Crippen molar-refractivity contribution >= 4 is 38.0 Å². The monoisotopic (exact) mass is 487 g/mol. The van der Waals surface area contributed by atoms with E-state index in [4.69, 9.17) is 4.98 Å². The number of hydrogen-bond acceptors (Lipinski definition) is 6. The first kappa shape index (κ1) is 21.3. The number of rotatable bonds is 5. The van der Waals surface area contributed by atoms with Crippen LogP contribution in [0.1, 0.15) is 12.5 Å². The van der Waals surface area contributed by atoms with Crippen molar-refractivity contribution in [3.63, 3.8) is 0 Å². The van der Waals surface area contributed by atoms with E-state index < -0.39 is 10.0 Å². The maximum atomic E-state index is 13.4. The number of fused-ring (bicyclic) bond motifs is 3. The minimum atomic E-state index is -3.84. The molecule has 6 rings (SSSR count). The lowest BCUT2D eigenvalue weighted by atomic mass is 10.2. The Hall–Kier alpha value is -4.25. The third-order valence-electron chi connectivity index (χ3n) is 6.35. The number of amides is 1. The predicted molar refractivity (Wildman–Crippen MR) is 130 cm³/mol. The summed E-state index contributed by atoms with van der Waals surface area (Å²) >= 11 is 0. The van der Waals surface area contributed by atoms with Crippen LogP contribution < -0.4 is 0 Å². The molecule has 0 bridgehead atoms. The van der Waals surface area contributed by atoms with Gasteiger partial charge in [0.25, 0.3) is 10.0 Å². The van der Waals surface area contributed by atoms with Crippen molar-refractivity contribution in [3.8, 4) is 11.6 Å². The topological polar surface area (TPSA) is 119 Å². The summed E-state index contributed by atoms with van der Waals surface area (Å²) in [6.45, 7) is 4.67. The average molecular weight is 488 g/mol. The average Bonchev–Trinajstić information content (AvgIpc) is 3.67. The number of imidazole rings is 2. The summed E-state index contributed by atoms with van der Waals surface area (Å²) < 4.78 is 30.0. The van der Waals surface area contributed by atoms with Crippen molar-refractivity contribution in [2.75, 3.05) is 13.1 Å². The predicted octanol–water partition coefficient (Wildman–Crippen LogP) is 2.97. The largest absolute Gasteiger partial charge is 0.342 e. The van der Waals surface area contributed by atoms with Crippen molar-refractivity contribution in [2.24, 2.45) is 0 Å². The van der Waals surface area contributed by atoms with Gasteiger partial charge in [-0.25, -0.2) is 27.3 Å². The molecule has 0 unspecified atom stereocenters. The molecule has 0 aliphatic carbocycles. The van der Waals surface area contributed by atoms with Crippen LogP contribution in [0, 0.1) is 0 Å². The number of aromatic nitrogens is 6. The Bertz CT molecular complexity index is 1690. The molecule has 1 aromatic carbocycles. The minimum Gasteiger partial charge on any atom is -0.342 e. The summed E-state index contributed by atoms with van der Waals surface area (Å²) in [5.74, 6) is 1.07. The van der Waals surface area contributed by atoms with Crippen LogP contribution >= 0.6 is 0 Å². The lowest BCUT2D eigenvalue weighted by Gasteiger charge is -2.18. The summed E-state index contributed by atoms with van der Waals surface area (Å²) in [5, 5.41) is 0.654. The van der Waals surface area contributed by atoms with E-state index in [0.29, 0.717) is 47.7 Å². The van der Waals surface area contributed by atoms with E-state index >= 15 is 0 Å². The molecule has 5 heterocycles. The Labute approximate surface area is 200 Å². The van der Waals surface area contributed by atoms with Gasteiger partial charge in [-0.2, -0.15) is 0 Å². The first-order chi connectivity index (χ1) is 17.0. The number of nitrogens with zero attached hydrogens (tertiary/aromatic N) is 6. The number of benzene rings is 1. The van der Waals surface area contributed by atoms with Crippen LogP contribution in [-0.4, -0.2) is 60.8 Å². The molecule has 0 saturated carbocycles. The molecule has 1 fully saturated rings. The van der Waals surface area contributed by atoms with Crippen molar-refractivity contribution in [2.45, 2.75) is 17.4 Å². The number of carbonyl (C=O) groups excluding carboxylic acids is 1. The third kappa shape index (κ3) is 3.27. The zero-order chi connectivity index (χ0) is 24.2. The molecule has 10 nitrogen and oxygen atoms in total. The molecule has 1 aliphatic heterocycles. The van der Waals surface area contributed by atoms with Gasteiger partial charge in [0, 0.05) is 37.1 Å². The van der Waals surface area contributed by atoms with E-state index in [1.54, 1.807) is 59.9 Å². The Balaban J connectivity index is 1.58. The first-order valence-corrected chi connectivity index (χ1v) is 12.5. The molecule has 1 aliphatic rings. The molecule has 176 valence electrons. The zero-order valence-corrected chi connectivity index (χ0v) is 19.4. The number of pyridine rings is 1. The van der Waals surface area contributed by atoms with Gasteiger partial charge in [-0.15, -0.1) is 0 Å². The Kier molecular flexibility index (Phi) is 4.81. The lowest BCUT2D eigenvalue weighted by molar-refractivity contribution is -0.125. The second-order valence-electron chi connectivity index (χ2n) is 8.33. The van der Waals surface area contributed by atoms with E-state index in [0.717, 1.165) is 5.52 Å². The number of carbonyl (C=O) groups is 1. The third-order valence-corrected chi connectivity index (χ3v) is 8.03. The fourth-order valence-corrected chi connectivity index (χ4v) is 6.06. The van der Waals surface area contributed by atoms with Gasteiger partial charge in [-0.05, 0) is 30.7 Å². The molecule has 1 amide bonds. The number of likely N-dealkylation sites (tertiary alicyclic amines) is 1. The Morgan fingerprint density at radius 3 is 2.74 bits per heavy atom. The van der Waals surface area contributed by atoms with Crippen LogP contribution in [0.3, 0.4) is 0 Å². The van der Waals surface area contributed by atoms with E-state index in [1.165, 1.54) is 16.2 Å². The molecular weight excluding hydrogens is 466 g/mol. The van der Waals surface area contributed by atoms with Crippen molar-refractivity contribution in [1.29, 1.82) is 0 Å². The summed E-state index contributed by atoms with van der Waals surface area (Å²) in [7, 11) is -3.84. The van der Waals surface area contributed by atoms with Crippen molar-refractivity contribution in [3.05, 3.63) is 73.8 Å². The molecule has 5 aromatic rings. The molecule has 0 spiro atoms. The number of aromatic amines is 1. The summed E-state index contributed by atoms with van der Waals surface area (Å²) in [5.41, 5.74) is 1.68. The first-order valence-electron chi connectivity index (χ1n) is 11.1. The maximum absolute atomic E-state index is 13.4. The minimum absolute atomic E-state index is 0.0799. The molecule has 35 heavy (non-hydrogen) atoms. The Morgan fingerprint density at radius 2 is 2.00 bits per heavy atom. The second-order valence-corrected chi connectivity index (χ2v) is 10.1. The van der Waals surface area contributed by atoms with E-state index in [1.807, 2.05) is 4.57 Å². The molecule has 1 atom stereocenters. The summed E-state index contributed by atoms with van der Waals surface area (Å²) in [6, 6.07) is 9.92. The highest BCUT2D eigenvalue weighted by molar-refractivity contribution is 7.90. The van der Waals surface area contributed by atoms with Gasteiger partial charge < -0.3 is 14.5 Å². The number of nitrogens with one attached hydrogen (secondary N) is 1. The molecule has 11 heteroatoms. The van der Waals surface area contributed by atoms with Crippen LogP contribution in [0.4, 0.5) is 0 Å². The van der Waals surface area contributed by atoms with E-state index in [2.05, 4.69) is 21.5 Å². The van der Waals surface area contributed by atoms with Gasteiger partial charge in [0.2, 0.25) is 5.91 Å². The SMILES string of the molecule is C=CC(=O)N1CC[C@@H](n2c(-c3ncc[nH]3)nc3cnc4c(ccn4S(=O)(=O)c4ccccc4)c32)C1. The second kappa shape index (κ2) is 7.91. The number of H-pyrrole nitrogens is 1. The fraction of sp³-hybridized carbons (Fsp3) is 0.167. The molecule has 4 aromatic heterocycles. The van der Waals surface area contributed by atoms with E-state index in [-0.39, 0.29) is 16.8 Å². The quantitative estimate of drug-likeness (QED) is 0.381. The molecule has 0 radical (unpaired) electrons. The highest BCUT2D eigenvalue weighted by atomic mass is 32.2. The highest BCUT2D eigenvalue weighted by Gasteiger charge is 2.31. The van der Waals surface area contributed by atoms with Crippen LogP contribution in [0.5, 0.6) is 0 Å².